The molecule has 18 heavy (non-hydrogen) atoms. The summed E-state index contributed by atoms with van der Waals surface area (Å²) in [7, 11) is 3.06. The van der Waals surface area contributed by atoms with E-state index in [0.717, 1.165) is 0 Å². The summed E-state index contributed by atoms with van der Waals surface area (Å²) in [5.41, 5.74) is 1.81. The average molecular weight is 244 g/mol. The highest BCUT2D eigenvalue weighted by Gasteiger charge is 2.16. The van der Waals surface area contributed by atoms with E-state index in [1.54, 1.807) is 24.3 Å². The van der Waals surface area contributed by atoms with Crippen LogP contribution in [0, 0.1) is 0 Å². The Hall–Kier alpha value is -2.36. The van der Waals surface area contributed by atoms with Crippen molar-refractivity contribution in [3.8, 4) is 0 Å². The van der Waals surface area contributed by atoms with Crippen molar-refractivity contribution in [1.29, 1.82) is 0 Å². The number of likely N-dealkylation sites (N-methyl/N-ethyl adjacent to an activating group) is 2. The van der Waals surface area contributed by atoms with Gasteiger partial charge in [-0.3, -0.25) is 9.59 Å². The van der Waals surface area contributed by atoms with Crippen molar-refractivity contribution < 1.29 is 9.59 Å². The number of hydrogen-bond donors (Lipinski definition) is 2. The molecule has 0 spiro atoms. The van der Waals surface area contributed by atoms with Gasteiger partial charge in [0, 0.05) is 25.2 Å². The number of rotatable bonds is 4. The van der Waals surface area contributed by atoms with E-state index in [4.69, 9.17) is 0 Å². The van der Waals surface area contributed by atoms with Crippen LogP contribution in [0.4, 0.5) is 0 Å². The summed E-state index contributed by atoms with van der Waals surface area (Å²) in [6.45, 7) is 7.48. The van der Waals surface area contributed by atoms with Gasteiger partial charge < -0.3 is 10.6 Å². The zero-order valence-electron chi connectivity index (χ0n) is 10.5. The van der Waals surface area contributed by atoms with Gasteiger partial charge in [-0.05, 0) is 11.1 Å². The molecular formula is C14H16N2O2. The summed E-state index contributed by atoms with van der Waals surface area (Å²) in [5, 5.41) is 5.01. The van der Waals surface area contributed by atoms with Crippen LogP contribution in [-0.4, -0.2) is 25.9 Å². The third-order valence-corrected chi connectivity index (χ3v) is 2.58. The molecule has 0 heterocycles. The van der Waals surface area contributed by atoms with E-state index in [9.17, 15) is 9.59 Å². The lowest BCUT2D eigenvalue weighted by Gasteiger charge is -2.12. The number of nitrogens with one attached hydrogen (secondary N) is 2. The van der Waals surface area contributed by atoms with Crippen LogP contribution in [0.2, 0.25) is 0 Å². The van der Waals surface area contributed by atoms with Gasteiger partial charge in [0.2, 0.25) is 0 Å². The second-order valence-electron chi connectivity index (χ2n) is 3.66. The molecule has 0 aliphatic rings. The maximum Gasteiger partial charge on any atom is 0.251 e. The van der Waals surface area contributed by atoms with Crippen molar-refractivity contribution in [2.45, 2.75) is 0 Å². The maximum absolute atomic E-state index is 11.6. The van der Waals surface area contributed by atoms with Gasteiger partial charge in [0.15, 0.2) is 0 Å². The Labute approximate surface area is 106 Å². The summed E-state index contributed by atoms with van der Waals surface area (Å²) in [6.07, 6.45) is 0. The third-order valence-electron chi connectivity index (χ3n) is 2.58. The van der Waals surface area contributed by atoms with Crippen LogP contribution >= 0.6 is 0 Å². The van der Waals surface area contributed by atoms with Gasteiger partial charge in [0.05, 0.1) is 0 Å². The molecule has 0 atom stereocenters. The minimum atomic E-state index is -0.285. The first kappa shape index (κ1) is 13.7. The molecule has 1 aromatic carbocycles. The Morgan fingerprint density at radius 2 is 1.22 bits per heavy atom. The summed E-state index contributed by atoms with van der Waals surface area (Å²) in [5.74, 6) is -0.570. The molecule has 0 unspecified atom stereocenters. The Bertz CT molecular complexity index is 471. The second kappa shape index (κ2) is 5.82. The van der Waals surface area contributed by atoms with Crippen molar-refractivity contribution >= 4 is 23.0 Å². The maximum atomic E-state index is 11.6. The number of carbonyl (C=O) groups is 2. The van der Waals surface area contributed by atoms with Gasteiger partial charge in [-0.25, -0.2) is 0 Å². The standard InChI is InChI=1S/C14H16N2O2/c1-9(13(17)15-3)11-7-5-6-8-12(11)10(2)14(18)16-4/h5-8H,1-2H2,3-4H3,(H,15,17)(H,16,18). The largest absolute Gasteiger partial charge is 0.355 e. The van der Waals surface area contributed by atoms with E-state index >= 15 is 0 Å². The first-order valence-electron chi connectivity index (χ1n) is 5.44. The lowest BCUT2D eigenvalue weighted by Crippen LogP contribution is -2.21. The van der Waals surface area contributed by atoms with Crippen LogP contribution in [-0.2, 0) is 9.59 Å². The topological polar surface area (TPSA) is 58.2 Å². The molecule has 0 saturated carbocycles. The van der Waals surface area contributed by atoms with Gasteiger partial charge in [0.25, 0.3) is 11.8 Å². The predicted octanol–water partition coefficient (Wildman–Crippen LogP) is 1.20. The monoisotopic (exact) mass is 244 g/mol. The number of hydrogen-bond acceptors (Lipinski definition) is 2. The average Bonchev–Trinajstić information content (AvgIpc) is 2.43. The van der Waals surface area contributed by atoms with E-state index in [0.29, 0.717) is 22.3 Å². The molecule has 2 amide bonds. The van der Waals surface area contributed by atoms with Crippen molar-refractivity contribution in [3.05, 3.63) is 48.6 Å². The molecular weight excluding hydrogens is 228 g/mol. The number of carbonyl (C=O) groups excluding carboxylic acids is 2. The lowest BCUT2D eigenvalue weighted by atomic mass is 9.95. The summed E-state index contributed by atoms with van der Waals surface area (Å²) in [4.78, 5) is 23.2. The summed E-state index contributed by atoms with van der Waals surface area (Å²) < 4.78 is 0. The van der Waals surface area contributed by atoms with Gasteiger partial charge in [-0.2, -0.15) is 0 Å². The third kappa shape index (κ3) is 2.66. The van der Waals surface area contributed by atoms with E-state index in [2.05, 4.69) is 23.8 Å². The minimum Gasteiger partial charge on any atom is -0.355 e. The van der Waals surface area contributed by atoms with Crippen molar-refractivity contribution in [2.75, 3.05) is 14.1 Å². The molecule has 4 nitrogen and oxygen atoms in total. The zero-order valence-corrected chi connectivity index (χ0v) is 10.5. The zero-order chi connectivity index (χ0) is 13.7. The van der Waals surface area contributed by atoms with Crippen LogP contribution in [0.3, 0.4) is 0 Å². The quantitative estimate of drug-likeness (QED) is 0.782. The molecule has 0 radical (unpaired) electrons. The van der Waals surface area contributed by atoms with Gasteiger partial charge in [-0.1, -0.05) is 37.4 Å². The van der Waals surface area contributed by atoms with Crippen molar-refractivity contribution in [1.82, 2.24) is 10.6 Å². The fourth-order valence-electron chi connectivity index (χ4n) is 1.56. The van der Waals surface area contributed by atoms with E-state index in [-0.39, 0.29) is 11.8 Å². The second-order valence-corrected chi connectivity index (χ2v) is 3.66. The normalized spacial score (nSPS) is 9.44. The molecule has 94 valence electrons. The fourth-order valence-corrected chi connectivity index (χ4v) is 1.56. The van der Waals surface area contributed by atoms with Gasteiger partial charge in [-0.15, -0.1) is 0 Å². The van der Waals surface area contributed by atoms with Crippen LogP contribution in [0.15, 0.2) is 37.4 Å². The highest BCUT2D eigenvalue weighted by atomic mass is 16.2. The Morgan fingerprint density at radius 3 is 1.50 bits per heavy atom. The minimum absolute atomic E-state index is 0.285. The number of amides is 2. The number of benzene rings is 1. The first-order chi connectivity index (χ1) is 8.52. The Morgan fingerprint density at radius 1 is 0.889 bits per heavy atom. The molecule has 1 rings (SSSR count). The van der Waals surface area contributed by atoms with Crippen molar-refractivity contribution in [2.24, 2.45) is 0 Å². The molecule has 0 bridgehead atoms. The SMILES string of the molecule is C=C(C(=O)NC)c1ccccc1C(=C)C(=O)NC. The highest BCUT2D eigenvalue weighted by molar-refractivity contribution is 6.24. The molecule has 0 aromatic heterocycles. The molecule has 0 saturated heterocycles. The molecule has 1 aromatic rings. The van der Waals surface area contributed by atoms with Crippen LogP contribution in [0.1, 0.15) is 11.1 Å². The van der Waals surface area contributed by atoms with Gasteiger partial charge in [0.1, 0.15) is 0 Å². The van der Waals surface area contributed by atoms with E-state index in [1.807, 2.05) is 0 Å². The van der Waals surface area contributed by atoms with Crippen LogP contribution < -0.4 is 10.6 Å². The van der Waals surface area contributed by atoms with E-state index in [1.165, 1.54) is 14.1 Å². The molecule has 0 aliphatic heterocycles. The van der Waals surface area contributed by atoms with Crippen LogP contribution in [0.5, 0.6) is 0 Å². The molecule has 4 heteroatoms. The van der Waals surface area contributed by atoms with E-state index < -0.39 is 0 Å². The molecule has 2 N–H and O–H groups in total. The summed E-state index contributed by atoms with van der Waals surface area (Å²) >= 11 is 0. The van der Waals surface area contributed by atoms with Gasteiger partial charge >= 0.3 is 0 Å². The Kier molecular flexibility index (Phi) is 4.43. The van der Waals surface area contributed by atoms with Crippen molar-refractivity contribution in [3.63, 3.8) is 0 Å². The Balaban J connectivity index is 3.23. The highest BCUT2D eigenvalue weighted by Crippen LogP contribution is 2.23. The molecule has 0 fully saturated rings. The first-order valence-corrected chi connectivity index (χ1v) is 5.44. The summed E-state index contributed by atoms with van der Waals surface area (Å²) in [6, 6.07) is 7.04. The lowest BCUT2D eigenvalue weighted by molar-refractivity contribution is -0.116. The predicted molar refractivity (Wildman–Crippen MR) is 72.6 cm³/mol. The molecule has 0 aliphatic carbocycles. The van der Waals surface area contributed by atoms with Crippen LogP contribution in [0.25, 0.3) is 11.1 Å². The smallest absolute Gasteiger partial charge is 0.251 e. The fraction of sp³-hybridized carbons (Fsp3) is 0.143.